The molecule has 1 saturated carbocycles. The van der Waals surface area contributed by atoms with Crippen LogP contribution in [0.1, 0.15) is 42.5 Å². The zero-order valence-electron chi connectivity index (χ0n) is 11.4. The number of carbonyl (C=O) groups is 1. The van der Waals surface area contributed by atoms with Crippen LogP contribution >= 0.6 is 0 Å². The fourth-order valence-electron chi connectivity index (χ4n) is 3.02. The summed E-state index contributed by atoms with van der Waals surface area (Å²) in [6, 6.07) is 4.81. The van der Waals surface area contributed by atoms with Crippen LogP contribution in [0.5, 0.6) is 0 Å². The summed E-state index contributed by atoms with van der Waals surface area (Å²) in [4.78, 5) is 12.2. The lowest BCUT2D eigenvalue weighted by atomic mass is 9.74. The van der Waals surface area contributed by atoms with Gasteiger partial charge in [0.2, 0.25) is 0 Å². The Bertz CT molecular complexity index is 506. The summed E-state index contributed by atoms with van der Waals surface area (Å²) in [5, 5.41) is 0. The van der Waals surface area contributed by atoms with Crippen LogP contribution in [0.25, 0.3) is 0 Å². The minimum absolute atomic E-state index is 0.0298. The summed E-state index contributed by atoms with van der Waals surface area (Å²) >= 11 is 0. The number of carbonyl (C=O) groups excluding carboxylic acids is 1. The van der Waals surface area contributed by atoms with E-state index in [0.717, 1.165) is 25.7 Å². The van der Waals surface area contributed by atoms with E-state index < -0.39 is 0 Å². The highest BCUT2D eigenvalue weighted by molar-refractivity contribution is 5.91. The van der Waals surface area contributed by atoms with E-state index in [2.05, 4.69) is 0 Å². The van der Waals surface area contributed by atoms with Crippen LogP contribution in [-0.2, 0) is 9.47 Å². The first-order valence-corrected chi connectivity index (χ1v) is 7.07. The van der Waals surface area contributed by atoms with Crippen LogP contribution < -0.4 is 11.5 Å². The van der Waals surface area contributed by atoms with Gasteiger partial charge in [0.1, 0.15) is 6.10 Å². The van der Waals surface area contributed by atoms with E-state index in [-0.39, 0.29) is 17.7 Å². The zero-order chi connectivity index (χ0) is 14.2. The van der Waals surface area contributed by atoms with Crippen LogP contribution in [0.2, 0.25) is 0 Å². The van der Waals surface area contributed by atoms with Crippen LogP contribution in [-0.4, -0.2) is 24.3 Å². The monoisotopic (exact) mass is 276 g/mol. The van der Waals surface area contributed by atoms with Crippen molar-refractivity contribution in [2.75, 3.05) is 18.1 Å². The molecule has 1 aliphatic heterocycles. The second-order valence-electron chi connectivity index (χ2n) is 5.79. The van der Waals surface area contributed by atoms with Gasteiger partial charge >= 0.3 is 5.97 Å². The lowest BCUT2D eigenvalue weighted by Gasteiger charge is -2.46. The van der Waals surface area contributed by atoms with Crippen molar-refractivity contribution < 1.29 is 14.3 Å². The van der Waals surface area contributed by atoms with Gasteiger partial charge in [-0.1, -0.05) is 0 Å². The molecule has 108 valence electrons. The van der Waals surface area contributed by atoms with Crippen LogP contribution in [0, 0.1) is 0 Å². The minimum Gasteiger partial charge on any atom is -0.459 e. The number of nitrogen functional groups attached to an aromatic ring is 2. The molecule has 0 bridgehead atoms. The molecular formula is C15H20N2O3. The Labute approximate surface area is 118 Å². The van der Waals surface area contributed by atoms with Crippen molar-refractivity contribution in [2.45, 2.75) is 43.8 Å². The van der Waals surface area contributed by atoms with E-state index in [0.29, 0.717) is 23.5 Å². The minimum atomic E-state index is -0.356. The number of esters is 1. The molecule has 1 unspecified atom stereocenters. The van der Waals surface area contributed by atoms with Gasteiger partial charge in [-0.25, -0.2) is 4.79 Å². The maximum atomic E-state index is 12.2. The highest BCUT2D eigenvalue weighted by atomic mass is 16.6. The van der Waals surface area contributed by atoms with Gasteiger partial charge in [-0.3, -0.25) is 0 Å². The summed E-state index contributed by atoms with van der Waals surface area (Å²) in [6.07, 6.45) is 4.84. The molecule has 5 heteroatoms. The number of rotatable bonds is 2. The van der Waals surface area contributed by atoms with Crippen LogP contribution in [0.15, 0.2) is 18.2 Å². The fourth-order valence-corrected chi connectivity index (χ4v) is 3.02. The second kappa shape index (κ2) is 4.98. The molecule has 20 heavy (non-hydrogen) atoms. The molecule has 1 aliphatic carbocycles. The van der Waals surface area contributed by atoms with E-state index in [1.54, 1.807) is 18.2 Å². The molecule has 1 saturated heterocycles. The molecule has 2 fully saturated rings. The number of hydrogen-bond acceptors (Lipinski definition) is 5. The van der Waals surface area contributed by atoms with Crippen molar-refractivity contribution in [1.82, 2.24) is 0 Å². The zero-order valence-corrected chi connectivity index (χ0v) is 11.4. The molecule has 4 N–H and O–H groups in total. The van der Waals surface area contributed by atoms with Gasteiger partial charge in [0, 0.05) is 24.2 Å². The summed E-state index contributed by atoms with van der Waals surface area (Å²) in [6.45, 7) is 0.664. The average molecular weight is 276 g/mol. The largest absolute Gasteiger partial charge is 0.459 e. The van der Waals surface area contributed by atoms with Crippen molar-refractivity contribution in [3.63, 3.8) is 0 Å². The standard InChI is InChI=1S/C15H20N2O3/c16-11-6-10(7-12(17)8-11)14(18)20-13-2-5-19-15(9-13)3-1-4-15/h6-8,13H,1-5,9,16-17H2. The van der Waals surface area contributed by atoms with E-state index in [1.807, 2.05) is 0 Å². The van der Waals surface area contributed by atoms with Crippen molar-refractivity contribution in [3.8, 4) is 0 Å². The Morgan fingerprint density at radius 3 is 2.55 bits per heavy atom. The average Bonchev–Trinajstić information content (AvgIpc) is 2.36. The van der Waals surface area contributed by atoms with Crippen LogP contribution in [0.3, 0.4) is 0 Å². The van der Waals surface area contributed by atoms with Gasteiger partial charge in [0.15, 0.2) is 0 Å². The Morgan fingerprint density at radius 2 is 1.95 bits per heavy atom. The first-order chi connectivity index (χ1) is 9.56. The Balaban J connectivity index is 1.66. The number of hydrogen-bond donors (Lipinski definition) is 2. The molecule has 0 aromatic heterocycles. The second-order valence-corrected chi connectivity index (χ2v) is 5.79. The van der Waals surface area contributed by atoms with Crippen molar-refractivity contribution in [3.05, 3.63) is 23.8 Å². The smallest absolute Gasteiger partial charge is 0.338 e. The number of anilines is 2. The quantitative estimate of drug-likeness (QED) is 0.638. The summed E-state index contributed by atoms with van der Waals surface area (Å²) in [5.41, 5.74) is 12.7. The molecule has 1 aromatic carbocycles. The van der Waals surface area contributed by atoms with Crippen molar-refractivity contribution in [1.29, 1.82) is 0 Å². The first kappa shape index (κ1) is 13.2. The van der Waals surface area contributed by atoms with Gasteiger partial charge in [-0.05, 0) is 37.5 Å². The Hall–Kier alpha value is -1.75. The lowest BCUT2D eigenvalue weighted by molar-refractivity contribution is -0.159. The number of benzene rings is 1. The van der Waals surface area contributed by atoms with Gasteiger partial charge < -0.3 is 20.9 Å². The van der Waals surface area contributed by atoms with Crippen LogP contribution in [0.4, 0.5) is 11.4 Å². The summed E-state index contributed by atoms with van der Waals surface area (Å²) in [5.74, 6) is -0.356. The maximum Gasteiger partial charge on any atom is 0.338 e. The maximum absolute atomic E-state index is 12.2. The third-order valence-electron chi connectivity index (χ3n) is 4.20. The van der Waals surface area contributed by atoms with Crippen molar-refractivity contribution in [2.24, 2.45) is 0 Å². The summed E-state index contributed by atoms with van der Waals surface area (Å²) in [7, 11) is 0. The van der Waals surface area contributed by atoms with E-state index in [4.69, 9.17) is 20.9 Å². The third kappa shape index (κ3) is 2.58. The Kier molecular flexibility index (Phi) is 3.30. The normalized spacial score (nSPS) is 24.1. The third-order valence-corrected chi connectivity index (χ3v) is 4.20. The molecule has 1 aromatic rings. The molecule has 3 rings (SSSR count). The van der Waals surface area contributed by atoms with Gasteiger partial charge in [0.05, 0.1) is 17.8 Å². The Morgan fingerprint density at radius 1 is 1.25 bits per heavy atom. The van der Waals surface area contributed by atoms with Crippen molar-refractivity contribution >= 4 is 17.3 Å². The molecule has 1 spiro atoms. The fraction of sp³-hybridized carbons (Fsp3) is 0.533. The highest BCUT2D eigenvalue weighted by Gasteiger charge is 2.43. The van der Waals surface area contributed by atoms with E-state index in [9.17, 15) is 4.79 Å². The summed E-state index contributed by atoms with van der Waals surface area (Å²) < 4.78 is 11.4. The molecule has 1 atom stereocenters. The van der Waals surface area contributed by atoms with E-state index >= 15 is 0 Å². The highest BCUT2D eigenvalue weighted by Crippen LogP contribution is 2.43. The van der Waals surface area contributed by atoms with Gasteiger partial charge in [0.25, 0.3) is 0 Å². The first-order valence-electron chi connectivity index (χ1n) is 7.07. The molecule has 1 heterocycles. The lowest BCUT2D eigenvalue weighted by Crippen LogP contribution is -2.48. The van der Waals surface area contributed by atoms with Gasteiger partial charge in [-0.15, -0.1) is 0 Å². The molecule has 0 radical (unpaired) electrons. The molecule has 5 nitrogen and oxygen atoms in total. The molecular weight excluding hydrogens is 256 g/mol. The molecule has 0 amide bonds. The van der Waals surface area contributed by atoms with E-state index in [1.165, 1.54) is 6.42 Å². The number of ether oxygens (including phenoxy) is 2. The topological polar surface area (TPSA) is 87.6 Å². The predicted octanol–water partition coefficient (Wildman–Crippen LogP) is 2.11. The molecule has 2 aliphatic rings. The predicted molar refractivity (Wildman–Crippen MR) is 76.2 cm³/mol. The number of nitrogens with two attached hydrogens (primary N) is 2. The van der Waals surface area contributed by atoms with Gasteiger partial charge in [-0.2, -0.15) is 0 Å². The SMILES string of the molecule is Nc1cc(N)cc(C(=O)OC2CCOC3(CCC3)C2)c1.